The van der Waals surface area contributed by atoms with Crippen molar-refractivity contribution in [2.24, 2.45) is 0 Å². The molecule has 0 aliphatic heterocycles. The number of sulfonamides is 1. The van der Waals surface area contributed by atoms with Crippen molar-refractivity contribution in [3.05, 3.63) is 86.6 Å². The molecule has 0 saturated heterocycles. The minimum Gasteiger partial charge on any atom is -0.455 e. The molecular weight excluding hydrogens is 504 g/mol. The monoisotopic (exact) mass is 526 g/mol. The molecule has 4 aromatic rings. The number of carbonyl (C=O) groups is 1. The van der Waals surface area contributed by atoms with Crippen LogP contribution in [0.15, 0.2) is 58.0 Å². The van der Waals surface area contributed by atoms with Crippen LogP contribution in [0.5, 0.6) is 0 Å². The Hall–Kier alpha value is -3.76. The summed E-state index contributed by atoms with van der Waals surface area (Å²) in [7, 11) is -3.82. The topological polar surface area (TPSA) is 131 Å². The van der Waals surface area contributed by atoms with Crippen LogP contribution in [0.2, 0.25) is 5.15 Å². The van der Waals surface area contributed by atoms with Crippen molar-refractivity contribution in [3.8, 4) is 11.3 Å². The first-order valence-corrected chi connectivity index (χ1v) is 13.1. The lowest BCUT2D eigenvalue weighted by molar-refractivity contribution is 0.0977. The molecule has 11 heteroatoms. The Morgan fingerprint density at radius 2 is 1.92 bits per heavy atom. The zero-order valence-electron chi connectivity index (χ0n) is 19.9. The van der Waals surface area contributed by atoms with Gasteiger partial charge in [0.1, 0.15) is 16.5 Å². The van der Waals surface area contributed by atoms with Gasteiger partial charge in [0.25, 0.3) is 5.91 Å². The van der Waals surface area contributed by atoms with E-state index < -0.39 is 22.0 Å². The van der Waals surface area contributed by atoms with Crippen LogP contribution >= 0.6 is 11.6 Å². The SMILES string of the molecule is Cc1cc(C(C)Nc2ccc(Cl)nc2C(=O)NS(C)(=O)=O)c2oc(-c3cccnc3)c(C)c(=O)c2c1. The number of hydrogen-bond acceptors (Lipinski definition) is 8. The summed E-state index contributed by atoms with van der Waals surface area (Å²) in [5.41, 5.74) is 2.94. The predicted octanol–water partition coefficient (Wildman–Crippen LogP) is 4.38. The molecule has 1 amide bonds. The van der Waals surface area contributed by atoms with Gasteiger partial charge in [0, 0.05) is 29.1 Å². The average Bonchev–Trinajstić information content (AvgIpc) is 2.81. The molecular formula is C25H23ClN4O5S. The van der Waals surface area contributed by atoms with Crippen LogP contribution in [0.3, 0.4) is 0 Å². The van der Waals surface area contributed by atoms with E-state index in [-0.39, 0.29) is 22.0 Å². The first-order chi connectivity index (χ1) is 16.9. The molecule has 36 heavy (non-hydrogen) atoms. The van der Waals surface area contributed by atoms with E-state index in [1.54, 1.807) is 31.5 Å². The standard InChI is InChI=1S/C25H23ClN4O5S/c1-13-10-17(15(3)28-19-7-8-20(26)29-21(19)25(32)30-36(4,33)34)24-18(11-13)22(31)14(2)23(35-24)16-6-5-9-27-12-16/h5-12,15,28H,1-4H3,(H,30,32). The third-order valence-corrected chi connectivity index (χ3v) is 6.28. The molecule has 1 unspecified atom stereocenters. The van der Waals surface area contributed by atoms with Crippen molar-refractivity contribution < 1.29 is 17.6 Å². The highest BCUT2D eigenvalue weighted by Gasteiger charge is 2.22. The number of nitrogens with zero attached hydrogens (tertiary/aromatic N) is 2. The molecule has 1 atom stereocenters. The van der Waals surface area contributed by atoms with Gasteiger partial charge in [-0.15, -0.1) is 0 Å². The number of carbonyl (C=O) groups excluding carboxylic acids is 1. The van der Waals surface area contributed by atoms with Gasteiger partial charge in [-0.1, -0.05) is 17.7 Å². The molecule has 2 N–H and O–H groups in total. The summed E-state index contributed by atoms with van der Waals surface area (Å²) in [5, 5.41) is 3.63. The zero-order chi connectivity index (χ0) is 26.2. The Labute approximate surface area is 212 Å². The van der Waals surface area contributed by atoms with E-state index in [2.05, 4.69) is 15.3 Å². The fourth-order valence-electron chi connectivity index (χ4n) is 3.91. The highest BCUT2D eigenvalue weighted by atomic mass is 35.5. The Morgan fingerprint density at radius 3 is 2.58 bits per heavy atom. The lowest BCUT2D eigenvalue weighted by Crippen LogP contribution is -2.31. The number of pyridine rings is 2. The first kappa shape index (κ1) is 25.3. The number of fused-ring (bicyclic) bond motifs is 1. The average molecular weight is 527 g/mol. The van der Waals surface area contributed by atoms with Gasteiger partial charge < -0.3 is 9.73 Å². The van der Waals surface area contributed by atoms with Gasteiger partial charge in [-0.05, 0) is 56.7 Å². The maximum Gasteiger partial charge on any atom is 0.285 e. The summed E-state index contributed by atoms with van der Waals surface area (Å²) in [6.45, 7) is 5.41. The molecule has 0 aliphatic rings. The fraction of sp³-hybridized carbons (Fsp3) is 0.200. The van der Waals surface area contributed by atoms with Gasteiger partial charge in [0.05, 0.1) is 23.4 Å². The molecule has 3 aromatic heterocycles. The van der Waals surface area contributed by atoms with Gasteiger partial charge in [-0.2, -0.15) is 0 Å². The molecule has 0 spiro atoms. The number of hydrogen-bond donors (Lipinski definition) is 2. The minimum absolute atomic E-state index is 0.0236. The Kier molecular flexibility index (Phi) is 6.83. The zero-order valence-corrected chi connectivity index (χ0v) is 21.5. The summed E-state index contributed by atoms with van der Waals surface area (Å²) in [6, 6.07) is 9.75. The van der Waals surface area contributed by atoms with Crippen molar-refractivity contribution in [2.75, 3.05) is 11.6 Å². The number of amides is 1. The third kappa shape index (κ3) is 5.24. The number of halogens is 1. The molecule has 186 valence electrons. The maximum absolute atomic E-state index is 13.3. The lowest BCUT2D eigenvalue weighted by atomic mass is 9.99. The highest BCUT2D eigenvalue weighted by molar-refractivity contribution is 7.89. The highest BCUT2D eigenvalue weighted by Crippen LogP contribution is 2.32. The van der Waals surface area contributed by atoms with Crippen LogP contribution in [0.25, 0.3) is 22.3 Å². The van der Waals surface area contributed by atoms with E-state index in [0.717, 1.165) is 11.8 Å². The van der Waals surface area contributed by atoms with E-state index in [1.165, 1.54) is 12.1 Å². The Bertz CT molecular complexity index is 1650. The van der Waals surface area contributed by atoms with Crippen molar-refractivity contribution in [3.63, 3.8) is 0 Å². The van der Waals surface area contributed by atoms with Gasteiger partial charge >= 0.3 is 0 Å². The minimum atomic E-state index is -3.82. The van der Waals surface area contributed by atoms with Gasteiger partial charge in [0.2, 0.25) is 10.0 Å². The van der Waals surface area contributed by atoms with E-state index in [9.17, 15) is 18.0 Å². The van der Waals surface area contributed by atoms with E-state index in [1.807, 2.05) is 30.7 Å². The van der Waals surface area contributed by atoms with E-state index >= 15 is 0 Å². The maximum atomic E-state index is 13.3. The van der Waals surface area contributed by atoms with Crippen LogP contribution in [-0.2, 0) is 10.0 Å². The summed E-state index contributed by atoms with van der Waals surface area (Å²) in [4.78, 5) is 34.0. The van der Waals surface area contributed by atoms with Crippen LogP contribution in [0.1, 0.15) is 40.1 Å². The summed E-state index contributed by atoms with van der Waals surface area (Å²) in [5.74, 6) is -0.510. The molecule has 1 aromatic carbocycles. The number of anilines is 1. The van der Waals surface area contributed by atoms with Crippen molar-refractivity contribution in [1.29, 1.82) is 0 Å². The molecule has 0 radical (unpaired) electrons. The second-order valence-corrected chi connectivity index (χ2v) is 10.6. The fourth-order valence-corrected chi connectivity index (χ4v) is 4.50. The van der Waals surface area contributed by atoms with Gasteiger partial charge in [0.15, 0.2) is 11.1 Å². The summed E-state index contributed by atoms with van der Waals surface area (Å²) >= 11 is 5.97. The van der Waals surface area contributed by atoms with Crippen LogP contribution < -0.4 is 15.5 Å². The van der Waals surface area contributed by atoms with Crippen LogP contribution in [0, 0.1) is 13.8 Å². The molecule has 0 saturated carbocycles. The summed E-state index contributed by atoms with van der Waals surface area (Å²) in [6.07, 6.45) is 4.13. The quantitative estimate of drug-likeness (QED) is 0.354. The van der Waals surface area contributed by atoms with Crippen molar-refractivity contribution in [1.82, 2.24) is 14.7 Å². The molecule has 0 fully saturated rings. The Balaban J connectivity index is 1.83. The first-order valence-electron chi connectivity index (χ1n) is 10.9. The van der Waals surface area contributed by atoms with Crippen molar-refractivity contribution in [2.45, 2.75) is 26.8 Å². The van der Waals surface area contributed by atoms with E-state index in [4.69, 9.17) is 16.0 Å². The number of rotatable bonds is 6. The molecule has 0 bridgehead atoms. The largest absolute Gasteiger partial charge is 0.455 e. The summed E-state index contributed by atoms with van der Waals surface area (Å²) < 4.78 is 31.4. The second-order valence-electron chi connectivity index (χ2n) is 8.46. The number of benzene rings is 1. The molecule has 4 rings (SSSR count). The van der Waals surface area contributed by atoms with Crippen LogP contribution in [-0.4, -0.2) is 30.5 Å². The van der Waals surface area contributed by atoms with E-state index in [0.29, 0.717) is 33.4 Å². The second kappa shape index (κ2) is 9.71. The third-order valence-electron chi connectivity index (χ3n) is 5.51. The van der Waals surface area contributed by atoms with Gasteiger partial charge in [-0.25, -0.2) is 18.1 Å². The predicted molar refractivity (Wildman–Crippen MR) is 139 cm³/mol. The van der Waals surface area contributed by atoms with Crippen molar-refractivity contribution >= 4 is 44.2 Å². The smallest absolute Gasteiger partial charge is 0.285 e. The molecule has 3 heterocycles. The number of aryl methyl sites for hydroxylation is 1. The lowest BCUT2D eigenvalue weighted by Gasteiger charge is -2.20. The Morgan fingerprint density at radius 1 is 1.17 bits per heavy atom. The molecule has 0 aliphatic carbocycles. The normalized spacial score (nSPS) is 12.4. The van der Waals surface area contributed by atoms with Gasteiger partial charge in [-0.3, -0.25) is 14.6 Å². The molecule has 9 nitrogen and oxygen atoms in total. The van der Waals surface area contributed by atoms with Crippen LogP contribution in [0.4, 0.5) is 5.69 Å². The number of aromatic nitrogens is 2. The number of nitrogens with one attached hydrogen (secondary N) is 2.